The summed E-state index contributed by atoms with van der Waals surface area (Å²) in [5.74, 6) is 1.63. The lowest BCUT2D eigenvalue weighted by Gasteiger charge is -2.21. The van der Waals surface area contributed by atoms with E-state index >= 15 is 0 Å². The molecule has 23 heavy (non-hydrogen) atoms. The summed E-state index contributed by atoms with van der Waals surface area (Å²) in [7, 11) is 0. The van der Waals surface area contributed by atoms with Crippen LogP contribution >= 0.6 is 11.3 Å². The van der Waals surface area contributed by atoms with E-state index < -0.39 is 0 Å². The minimum atomic E-state index is -0.0272. The van der Waals surface area contributed by atoms with Gasteiger partial charge in [0.15, 0.2) is 5.82 Å². The molecule has 2 N–H and O–H groups in total. The van der Waals surface area contributed by atoms with Crippen molar-refractivity contribution in [3.63, 3.8) is 0 Å². The van der Waals surface area contributed by atoms with Crippen LogP contribution in [0, 0.1) is 6.92 Å². The van der Waals surface area contributed by atoms with Crippen molar-refractivity contribution in [3.8, 4) is 0 Å². The van der Waals surface area contributed by atoms with Crippen LogP contribution in [0.4, 0.5) is 5.13 Å². The largest absolute Gasteiger partial charge is 0.300 e. The van der Waals surface area contributed by atoms with Crippen molar-refractivity contribution in [2.75, 3.05) is 18.4 Å². The molecule has 1 fully saturated rings. The van der Waals surface area contributed by atoms with Crippen LogP contribution in [-0.4, -0.2) is 49.3 Å². The van der Waals surface area contributed by atoms with Gasteiger partial charge in [-0.1, -0.05) is 18.3 Å². The number of carbonyl (C=O) groups excluding carboxylic acids is 1. The van der Waals surface area contributed by atoms with Crippen LogP contribution in [0.25, 0.3) is 0 Å². The van der Waals surface area contributed by atoms with Gasteiger partial charge >= 0.3 is 0 Å². The third-order valence-corrected chi connectivity index (χ3v) is 4.90. The van der Waals surface area contributed by atoms with E-state index in [4.69, 9.17) is 0 Å². The van der Waals surface area contributed by atoms with Crippen molar-refractivity contribution >= 4 is 22.4 Å². The van der Waals surface area contributed by atoms with Crippen molar-refractivity contribution in [2.24, 2.45) is 0 Å². The van der Waals surface area contributed by atoms with Gasteiger partial charge in [0.05, 0.1) is 6.04 Å². The van der Waals surface area contributed by atoms with Crippen molar-refractivity contribution in [3.05, 3.63) is 16.7 Å². The maximum Gasteiger partial charge on any atom is 0.227 e. The number of rotatable bonds is 6. The zero-order chi connectivity index (χ0) is 16.2. The summed E-state index contributed by atoms with van der Waals surface area (Å²) in [6.45, 7) is 5.59. The van der Waals surface area contributed by atoms with Crippen LogP contribution in [0.5, 0.6) is 0 Å². The SMILES string of the molecule is CCc1nnc(NC(=O)CCN2CCC[C@@H]2c2n[nH]c(C)n2)s1. The topological polar surface area (TPSA) is 99.7 Å². The van der Waals surface area contributed by atoms with Crippen LogP contribution in [0.2, 0.25) is 0 Å². The average molecular weight is 335 g/mol. The van der Waals surface area contributed by atoms with E-state index in [2.05, 4.69) is 35.6 Å². The number of nitrogens with zero attached hydrogens (tertiary/aromatic N) is 5. The lowest BCUT2D eigenvalue weighted by Crippen LogP contribution is -2.28. The Morgan fingerprint density at radius 2 is 2.35 bits per heavy atom. The number of H-pyrrole nitrogens is 1. The third-order valence-electron chi connectivity index (χ3n) is 3.92. The number of hydrogen-bond acceptors (Lipinski definition) is 7. The molecule has 1 atom stereocenters. The van der Waals surface area contributed by atoms with Crippen LogP contribution in [-0.2, 0) is 11.2 Å². The number of aryl methyl sites for hydroxylation is 2. The number of carbonyl (C=O) groups is 1. The standard InChI is InChI=1S/C14H21N7OS/c1-3-12-18-20-14(23-12)16-11(22)6-8-21-7-4-5-10(21)13-15-9(2)17-19-13/h10H,3-8H2,1-2H3,(H,15,17,19)(H,16,20,22)/t10-/m1/s1. The molecule has 3 rings (SSSR count). The van der Waals surface area contributed by atoms with E-state index in [9.17, 15) is 4.79 Å². The van der Waals surface area contributed by atoms with Gasteiger partial charge in [0.1, 0.15) is 10.8 Å². The maximum atomic E-state index is 12.1. The summed E-state index contributed by atoms with van der Waals surface area (Å²) in [5, 5.41) is 19.5. The first-order valence-corrected chi connectivity index (χ1v) is 8.72. The molecule has 0 saturated carbocycles. The summed E-state index contributed by atoms with van der Waals surface area (Å²) >= 11 is 1.43. The van der Waals surface area contributed by atoms with Crippen LogP contribution < -0.4 is 5.32 Å². The predicted octanol–water partition coefficient (Wildman–Crippen LogP) is 1.69. The van der Waals surface area contributed by atoms with E-state index in [1.54, 1.807) is 0 Å². The Morgan fingerprint density at radius 3 is 3.04 bits per heavy atom. The van der Waals surface area contributed by atoms with E-state index in [1.165, 1.54) is 11.3 Å². The molecule has 0 spiro atoms. The predicted molar refractivity (Wildman–Crippen MR) is 87.2 cm³/mol. The van der Waals surface area contributed by atoms with Gasteiger partial charge in [-0.15, -0.1) is 10.2 Å². The number of aromatic nitrogens is 5. The van der Waals surface area contributed by atoms with Gasteiger partial charge in [-0.25, -0.2) is 4.98 Å². The van der Waals surface area contributed by atoms with Crippen molar-refractivity contribution in [1.82, 2.24) is 30.3 Å². The fourth-order valence-electron chi connectivity index (χ4n) is 2.77. The zero-order valence-corrected chi connectivity index (χ0v) is 14.2. The highest BCUT2D eigenvalue weighted by molar-refractivity contribution is 7.15. The Balaban J connectivity index is 1.51. The maximum absolute atomic E-state index is 12.1. The van der Waals surface area contributed by atoms with E-state index in [0.717, 1.165) is 42.5 Å². The number of likely N-dealkylation sites (tertiary alicyclic amines) is 1. The van der Waals surface area contributed by atoms with Crippen LogP contribution in [0.15, 0.2) is 0 Å². The Kier molecular flexibility index (Phi) is 4.97. The quantitative estimate of drug-likeness (QED) is 0.833. The Hall–Kier alpha value is -1.87. The molecule has 1 amide bonds. The molecule has 3 heterocycles. The summed E-state index contributed by atoms with van der Waals surface area (Å²) in [6.07, 6.45) is 3.41. The van der Waals surface area contributed by atoms with Gasteiger partial charge in [0, 0.05) is 13.0 Å². The van der Waals surface area contributed by atoms with E-state index in [0.29, 0.717) is 18.1 Å². The van der Waals surface area contributed by atoms with Gasteiger partial charge in [-0.2, -0.15) is 5.10 Å². The van der Waals surface area contributed by atoms with Crippen molar-refractivity contribution in [2.45, 2.75) is 45.6 Å². The Morgan fingerprint density at radius 1 is 1.48 bits per heavy atom. The molecule has 0 aliphatic carbocycles. The van der Waals surface area contributed by atoms with Gasteiger partial charge in [-0.3, -0.25) is 14.8 Å². The van der Waals surface area contributed by atoms with E-state index in [-0.39, 0.29) is 11.9 Å². The fraction of sp³-hybridized carbons (Fsp3) is 0.643. The first-order valence-electron chi connectivity index (χ1n) is 7.91. The minimum Gasteiger partial charge on any atom is -0.300 e. The lowest BCUT2D eigenvalue weighted by atomic mass is 10.2. The Bertz CT molecular complexity index is 668. The van der Waals surface area contributed by atoms with Gasteiger partial charge in [-0.05, 0) is 32.7 Å². The summed E-state index contributed by atoms with van der Waals surface area (Å²) < 4.78 is 0. The first-order chi connectivity index (χ1) is 11.2. The van der Waals surface area contributed by atoms with Crippen LogP contribution in [0.3, 0.4) is 0 Å². The summed E-state index contributed by atoms with van der Waals surface area (Å²) in [5.41, 5.74) is 0. The van der Waals surface area contributed by atoms with Crippen LogP contribution in [0.1, 0.15) is 48.9 Å². The second kappa shape index (κ2) is 7.14. The molecule has 1 aliphatic rings. The summed E-state index contributed by atoms with van der Waals surface area (Å²) in [6, 6.07) is 0.209. The molecule has 8 nitrogen and oxygen atoms in total. The molecule has 1 saturated heterocycles. The molecule has 0 aromatic carbocycles. The molecule has 0 bridgehead atoms. The number of aromatic amines is 1. The van der Waals surface area contributed by atoms with E-state index in [1.807, 2.05) is 13.8 Å². The summed E-state index contributed by atoms with van der Waals surface area (Å²) in [4.78, 5) is 18.8. The number of amides is 1. The highest BCUT2D eigenvalue weighted by atomic mass is 32.1. The number of hydrogen-bond donors (Lipinski definition) is 2. The average Bonchev–Trinajstić information content (AvgIpc) is 3.25. The highest BCUT2D eigenvalue weighted by Gasteiger charge is 2.29. The highest BCUT2D eigenvalue weighted by Crippen LogP contribution is 2.29. The lowest BCUT2D eigenvalue weighted by molar-refractivity contribution is -0.116. The molecule has 2 aromatic heterocycles. The molecule has 9 heteroatoms. The number of nitrogens with one attached hydrogen (secondary N) is 2. The van der Waals surface area contributed by atoms with Crippen molar-refractivity contribution < 1.29 is 4.79 Å². The molecular formula is C14H21N7OS. The second-order valence-electron chi connectivity index (χ2n) is 5.63. The smallest absolute Gasteiger partial charge is 0.227 e. The first kappa shape index (κ1) is 16.0. The van der Waals surface area contributed by atoms with Gasteiger partial charge in [0.2, 0.25) is 11.0 Å². The Labute approximate surface area is 138 Å². The molecule has 0 radical (unpaired) electrons. The number of anilines is 1. The molecule has 0 unspecified atom stereocenters. The fourth-order valence-corrected chi connectivity index (χ4v) is 3.46. The molecular weight excluding hydrogens is 314 g/mol. The van der Waals surface area contributed by atoms with Crippen molar-refractivity contribution in [1.29, 1.82) is 0 Å². The third kappa shape index (κ3) is 3.91. The normalized spacial score (nSPS) is 18.4. The molecule has 124 valence electrons. The van der Waals surface area contributed by atoms with Gasteiger partial charge in [0.25, 0.3) is 0 Å². The monoisotopic (exact) mass is 335 g/mol. The van der Waals surface area contributed by atoms with Gasteiger partial charge < -0.3 is 5.32 Å². The molecule has 2 aromatic rings. The zero-order valence-electron chi connectivity index (χ0n) is 13.4. The second-order valence-corrected chi connectivity index (χ2v) is 6.69. The molecule has 1 aliphatic heterocycles. The minimum absolute atomic E-state index is 0.0272.